The molecular formula is C5H14IN3O. The second-order valence-corrected chi connectivity index (χ2v) is 2.95. The van der Waals surface area contributed by atoms with Gasteiger partial charge in [-0.15, -0.1) is 0 Å². The van der Waals surface area contributed by atoms with E-state index in [1.807, 2.05) is 36.9 Å². The highest BCUT2D eigenvalue weighted by molar-refractivity contribution is 14.1. The maximum Gasteiger partial charge on any atom is 0.140 e. The van der Waals surface area contributed by atoms with Gasteiger partial charge in [0.25, 0.3) is 0 Å². The molecule has 0 fully saturated rings. The van der Waals surface area contributed by atoms with Crippen molar-refractivity contribution in [2.75, 3.05) is 13.1 Å². The lowest BCUT2D eigenvalue weighted by molar-refractivity contribution is -0.0227. The van der Waals surface area contributed by atoms with E-state index in [1.54, 1.807) is 5.01 Å². The fraction of sp³-hybridized carbons (Fsp3) is 1.00. The number of hydrogen-bond donors (Lipinski definition) is 2. The van der Waals surface area contributed by atoms with Crippen molar-refractivity contribution in [1.29, 1.82) is 0 Å². The van der Waals surface area contributed by atoms with Crippen molar-refractivity contribution in [3.05, 3.63) is 0 Å². The summed E-state index contributed by atoms with van der Waals surface area (Å²) in [7, 11) is 0. The van der Waals surface area contributed by atoms with Crippen molar-refractivity contribution in [3.8, 4) is 0 Å². The molecule has 0 aromatic heterocycles. The standard InChI is InChI=1S/C5H14IN3O/c1-5(2,10-6)9(8)4-3-7/h3-4,7-8H2,1-2H3. The van der Waals surface area contributed by atoms with Gasteiger partial charge in [-0.1, -0.05) is 0 Å². The van der Waals surface area contributed by atoms with Gasteiger partial charge in [0, 0.05) is 13.1 Å². The minimum atomic E-state index is -0.431. The molecule has 0 rings (SSSR count). The number of hydrogen-bond acceptors (Lipinski definition) is 4. The van der Waals surface area contributed by atoms with Gasteiger partial charge >= 0.3 is 0 Å². The highest BCUT2D eigenvalue weighted by Crippen LogP contribution is 2.14. The summed E-state index contributed by atoms with van der Waals surface area (Å²) in [5, 5.41) is 1.57. The summed E-state index contributed by atoms with van der Waals surface area (Å²) in [4.78, 5) is 0. The molecule has 0 heterocycles. The van der Waals surface area contributed by atoms with Crippen LogP contribution in [0.1, 0.15) is 13.8 Å². The van der Waals surface area contributed by atoms with Crippen LogP contribution in [0.25, 0.3) is 0 Å². The summed E-state index contributed by atoms with van der Waals surface area (Å²) in [6.07, 6.45) is 0. The molecule has 0 aromatic carbocycles. The molecule has 0 aromatic rings. The molecular weight excluding hydrogens is 245 g/mol. The van der Waals surface area contributed by atoms with Crippen LogP contribution in [-0.2, 0) is 3.07 Å². The molecule has 0 aliphatic rings. The zero-order valence-electron chi connectivity index (χ0n) is 6.30. The van der Waals surface area contributed by atoms with Crippen molar-refractivity contribution >= 4 is 23.0 Å². The first-order chi connectivity index (χ1) is 4.54. The molecule has 0 saturated carbocycles. The summed E-state index contributed by atoms with van der Waals surface area (Å²) >= 11 is 1.82. The SMILES string of the molecule is CC(C)(OI)N(N)CCN. The van der Waals surface area contributed by atoms with Gasteiger partial charge in [-0.25, -0.2) is 5.01 Å². The lowest BCUT2D eigenvalue weighted by atomic mass is 10.3. The number of rotatable bonds is 4. The number of nitrogens with zero attached hydrogens (tertiary/aromatic N) is 1. The van der Waals surface area contributed by atoms with Gasteiger partial charge in [-0.05, 0) is 13.8 Å². The number of hydrazine groups is 1. The smallest absolute Gasteiger partial charge is 0.140 e. The van der Waals surface area contributed by atoms with Crippen LogP contribution in [0, 0.1) is 0 Å². The topological polar surface area (TPSA) is 64.5 Å². The maximum absolute atomic E-state index is 5.60. The maximum atomic E-state index is 5.60. The van der Waals surface area contributed by atoms with Crippen LogP contribution in [-0.4, -0.2) is 23.8 Å². The van der Waals surface area contributed by atoms with Gasteiger partial charge in [-0.3, -0.25) is 8.91 Å². The minimum Gasteiger partial charge on any atom is -0.329 e. The van der Waals surface area contributed by atoms with E-state index < -0.39 is 5.72 Å². The number of halogens is 1. The Labute approximate surface area is 75.5 Å². The van der Waals surface area contributed by atoms with Gasteiger partial charge in [-0.2, -0.15) is 0 Å². The molecule has 0 aliphatic carbocycles. The minimum absolute atomic E-state index is 0.431. The van der Waals surface area contributed by atoms with Crippen LogP contribution in [0.15, 0.2) is 0 Å². The highest BCUT2D eigenvalue weighted by Gasteiger charge is 2.23. The molecule has 0 atom stereocenters. The first-order valence-corrected chi connectivity index (χ1v) is 3.95. The van der Waals surface area contributed by atoms with Crippen LogP contribution in [0.5, 0.6) is 0 Å². The Balaban J connectivity index is 3.78. The monoisotopic (exact) mass is 259 g/mol. The second kappa shape index (κ2) is 4.45. The molecule has 0 unspecified atom stereocenters. The third-order valence-electron chi connectivity index (χ3n) is 1.25. The van der Waals surface area contributed by atoms with E-state index in [1.165, 1.54) is 0 Å². The first kappa shape index (κ1) is 10.6. The van der Waals surface area contributed by atoms with Crippen molar-refractivity contribution in [3.63, 3.8) is 0 Å². The largest absolute Gasteiger partial charge is 0.329 e. The van der Waals surface area contributed by atoms with Crippen molar-refractivity contribution in [2.24, 2.45) is 11.6 Å². The second-order valence-electron chi connectivity index (χ2n) is 2.51. The molecule has 4 nitrogen and oxygen atoms in total. The van der Waals surface area contributed by atoms with Crippen LogP contribution < -0.4 is 11.6 Å². The summed E-state index contributed by atoms with van der Waals surface area (Å²) < 4.78 is 5.07. The van der Waals surface area contributed by atoms with E-state index in [9.17, 15) is 0 Å². The lowest BCUT2D eigenvalue weighted by Gasteiger charge is -2.31. The van der Waals surface area contributed by atoms with Gasteiger partial charge in [0.2, 0.25) is 0 Å². The Bertz CT molecular complexity index is 98.9. The highest BCUT2D eigenvalue weighted by atomic mass is 127. The summed E-state index contributed by atoms with van der Waals surface area (Å²) in [6.45, 7) is 4.94. The van der Waals surface area contributed by atoms with Gasteiger partial charge < -0.3 is 5.73 Å². The van der Waals surface area contributed by atoms with Gasteiger partial charge in [0.15, 0.2) is 0 Å². The summed E-state index contributed by atoms with van der Waals surface area (Å²) in [6, 6.07) is 0. The molecule has 0 bridgehead atoms. The van der Waals surface area contributed by atoms with Crippen LogP contribution in [0.4, 0.5) is 0 Å². The van der Waals surface area contributed by atoms with Gasteiger partial charge in [0.05, 0.1) is 0 Å². The molecule has 5 heteroatoms. The third kappa shape index (κ3) is 3.11. The van der Waals surface area contributed by atoms with Crippen molar-refractivity contribution in [2.45, 2.75) is 19.6 Å². The van der Waals surface area contributed by atoms with Crippen molar-refractivity contribution in [1.82, 2.24) is 5.01 Å². The van der Waals surface area contributed by atoms with E-state index in [2.05, 4.69) is 0 Å². The van der Waals surface area contributed by atoms with E-state index in [4.69, 9.17) is 14.6 Å². The molecule has 0 saturated heterocycles. The quantitative estimate of drug-likeness (QED) is 0.328. The zero-order valence-corrected chi connectivity index (χ0v) is 8.46. The van der Waals surface area contributed by atoms with E-state index >= 15 is 0 Å². The van der Waals surface area contributed by atoms with E-state index in [0.717, 1.165) is 0 Å². The Morgan fingerprint density at radius 3 is 2.40 bits per heavy atom. The zero-order chi connectivity index (χ0) is 8.20. The molecule has 10 heavy (non-hydrogen) atoms. The predicted octanol–water partition coefficient (Wildman–Crippen LogP) is 0.224. The van der Waals surface area contributed by atoms with Crippen LogP contribution in [0.3, 0.4) is 0 Å². The van der Waals surface area contributed by atoms with Crippen LogP contribution in [0.2, 0.25) is 0 Å². The van der Waals surface area contributed by atoms with Crippen LogP contribution >= 0.6 is 23.0 Å². The molecule has 4 N–H and O–H groups in total. The average molecular weight is 259 g/mol. The summed E-state index contributed by atoms with van der Waals surface area (Å²) in [5.41, 5.74) is 4.87. The Morgan fingerprint density at radius 2 is 2.10 bits per heavy atom. The molecule has 0 aliphatic heterocycles. The third-order valence-corrected chi connectivity index (χ3v) is 2.33. The Morgan fingerprint density at radius 1 is 1.60 bits per heavy atom. The Kier molecular flexibility index (Phi) is 4.70. The van der Waals surface area contributed by atoms with E-state index in [-0.39, 0.29) is 0 Å². The molecule has 0 spiro atoms. The first-order valence-electron chi connectivity index (χ1n) is 3.06. The fourth-order valence-electron chi connectivity index (χ4n) is 0.453. The Hall–Kier alpha value is 0.570. The lowest BCUT2D eigenvalue weighted by Crippen LogP contribution is -2.51. The molecule has 0 amide bonds. The van der Waals surface area contributed by atoms with E-state index in [0.29, 0.717) is 13.1 Å². The van der Waals surface area contributed by atoms with Crippen molar-refractivity contribution < 1.29 is 3.07 Å². The molecule has 62 valence electrons. The predicted molar refractivity (Wildman–Crippen MR) is 49.1 cm³/mol. The molecule has 0 radical (unpaired) electrons. The fourth-order valence-corrected chi connectivity index (χ4v) is 0.706. The van der Waals surface area contributed by atoms with Gasteiger partial charge in [0.1, 0.15) is 28.7 Å². The number of nitrogens with two attached hydrogens (primary N) is 2. The normalized spacial score (nSPS) is 12.6. The summed E-state index contributed by atoms with van der Waals surface area (Å²) in [5.74, 6) is 5.60. The average Bonchev–Trinajstić information content (AvgIpc) is 1.89.